The molecule has 0 bridgehead atoms. The van der Waals surface area contributed by atoms with E-state index in [4.69, 9.17) is 9.84 Å². The third kappa shape index (κ3) is 2.80. The highest BCUT2D eigenvalue weighted by Gasteiger charge is 2.42. The first-order valence-corrected chi connectivity index (χ1v) is 4.58. The number of aliphatic hydroxyl groups excluding tert-OH is 1. The fraction of sp³-hybridized carbons (Fsp3) is 1.00. The van der Waals surface area contributed by atoms with Crippen molar-refractivity contribution in [3.63, 3.8) is 0 Å². The molecule has 0 aromatic rings. The van der Waals surface area contributed by atoms with Crippen LogP contribution in [0.3, 0.4) is 0 Å². The first-order chi connectivity index (χ1) is 5.33. The molecule has 0 unspecified atom stereocenters. The van der Waals surface area contributed by atoms with E-state index in [9.17, 15) is 0 Å². The van der Waals surface area contributed by atoms with E-state index in [1.54, 1.807) is 0 Å². The zero-order chi connectivity index (χ0) is 8.16. The summed E-state index contributed by atoms with van der Waals surface area (Å²) in [5, 5.41) is 8.56. The van der Waals surface area contributed by atoms with Crippen molar-refractivity contribution in [1.82, 2.24) is 0 Å². The fourth-order valence-electron chi connectivity index (χ4n) is 1.37. The molecule has 0 aromatic heterocycles. The van der Waals surface area contributed by atoms with Gasteiger partial charge in [-0.2, -0.15) is 0 Å². The third-order valence-corrected chi connectivity index (χ3v) is 2.29. The lowest BCUT2D eigenvalue weighted by Gasteiger charge is -2.14. The Balaban J connectivity index is 2.08. The van der Waals surface area contributed by atoms with Gasteiger partial charge in [0.2, 0.25) is 0 Å². The zero-order valence-corrected chi connectivity index (χ0v) is 7.31. The molecule has 1 rings (SSSR count). The monoisotopic (exact) mass is 158 g/mol. The lowest BCUT2D eigenvalue weighted by Crippen LogP contribution is -2.16. The van der Waals surface area contributed by atoms with Gasteiger partial charge in [0.1, 0.15) is 0 Å². The predicted molar refractivity (Wildman–Crippen MR) is 44.5 cm³/mol. The molecular weight excluding hydrogens is 140 g/mol. The van der Waals surface area contributed by atoms with Crippen LogP contribution in [-0.2, 0) is 4.74 Å². The van der Waals surface area contributed by atoms with Crippen molar-refractivity contribution < 1.29 is 9.84 Å². The largest absolute Gasteiger partial charge is 0.394 e. The van der Waals surface area contributed by atoms with E-state index >= 15 is 0 Å². The Morgan fingerprint density at radius 2 is 2.18 bits per heavy atom. The van der Waals surface area contributed by atoms with E-state index in [1.807, 2.05) is 0 Å². The molecule has 11 heavy (non-hydrogen) atoms. The van der Waals surface area contributed by atoms with Gasteiger partial charge in [0.05, 0.1) is 18.8 Å². The lowest BCUT2D eigenvalue weighted by atomic mass is 10.1. The molecule has 0 amide bonds. The Labute approximate surface area is 68.6 Å². The van der Waals surface area contributed by atoms with E-state index in [-0.39, 0.29) is 12.2 Å². The highest BCUT2D eigenvalue weighted by molar-refractivity contribution is 4.95. The highest BCUT2D eigenvalue weighted by Crippen LogP contribution is 2.43. The van der Waals surface area contributed by atoms with Gasteiger partial charge in [-0.1, -0.05) is 19.8 Å². The molecule has 66 valence electrons. The maximum absolute atomic E-state index is 8.56. The number of aliphatic hydroxyl groups is 1. The molecule has 0 radical (unpaired) electrons. The summed E-state index contributed by atoms with van der Waals surface area (Å²) < 4.78 is 5.54. The van der Waals surface area contributed by atoms with Gasteiger partial charge in [-0.3, -0.25) is 0 Å². The lowest BCUT2D eigenvalue weighted by molar-refractivity contribution is 0.00484. The minimum absolute atomic E-state index is 0.161. The first-order valence-electron chi connectivity index (χ1n) is 4.58. The number of ether oxygens (including phenoxy) is 1. The van der Waals surface area contributed by atoms with Gasteiger partial charge in [-0.05, 0) is 19.3 Å². The van der Waals surface area contributed by atoms with Crippen LogP contribution in [0.5, 0.6) is 0 Å². The summed E-state index contributed by atoms with van der Waals surface area (Å²) in [6, 6.07) is 0. The van der Waals surface area contributed by atoms with E-state index in [1.165, 1.54) is 32.1 Å². The second-order valence-corrected chi connectivity index (χ2v) is 3.36. The topological polar surface area (TPSA) is 29.5 Å². The van der Waals surface area contributed by atoms with Crippen molar-refractivity contribution in [2.24, 2.45) is 0 Å². The van der Waals surface area contributed by atoms with Crippen LogP contribution in [0.4, 0.5) is 0 Å². The Kier molecular flexibility index (Phi) is 3.34. The molecule has 0 atom stereocenters. The second-order valence-electron chi connectivity index (χ2n) is 3.36. The fourth-order valence-corrected chi connectivity index (χ4v) is 1.37. The Hall–Kier alpha value is -0.0800. The molecule has 2 nitrogen and oxygen atoms in total. The maximum Gasteiger partial charge on any atom is 0.0705 e. The quantitative estimate of drug-likeness (QED) is 0.637. The number of hydrogen-bond acceptors (Lipinski definition) is 2. The van der Waals surface area contributed by atoms with Gasteiger partial charge >= 0.3 is 0 Å². The van der Waals surface area contributed by atoms with Gasteiger partial charge in [-0.15, -0.1) is 0 Å². The molecule has 1 aliphatic carbocycles. The minimum Gasteiger partial charge on any atom is -0.394 e. The normalized spacial score (nSPS) is 20.2. The molecule has 1 aliphatic rings. The van der Waals surface area contributed by atoms with Crippen molar-refractivity contribution >= 4 is 0 Å². The summed E-state index contributed by atoms with van der Waals surface area (Å²) in [6.45, 7) is 2.87. The third-order valence-electron chi connectivity index (χ3n) is 2.29. The van der Waals surface area contributed by atoms with Crippen LogP contribution in [0, 0.1) is 0 Å². The van der Waals surface area contributed by atoms with Crippen LogP contribution in [0.1, 0.15) is 39.0 Å². The van der Waals surface area contributed by atoms with E-state index in [2.05, 4.69) is 6.92 Å². The molecule has 0 aliphatic heterocycles. The molecule has 1 N–H and O–H groups in total. The van der Waals surface area contributed by atoms with Crippen LogP contribution in [0.15, 0.2) is 0 Å². The van der Waals surface area contributed by atoms with Crippen LogP contribution >= 0.6 is 0 Å². The number of rotatable bonds is 6. The summed E-state index contributed by atoms with van der Waals surface area (Å²) in [5.74, 6) is 0. The zero-order valence-electron chi connectivity index (χ0n) is 7.31. The van der Waals surface area contributed by atoms with Gasteiger partial charge in [0.15, 0.2) is 0 Å². The average Bonchev–Trinajstić information content (AvgIpc) is 2.79. The summed E-state index contributed by atoms with van der Waals surface area (Å²) in [7, 11) is 0. The van der Waals surface area contributed by atoms with Crippen LogP contribution in [0.2, 0.25) is 0 Å². The summed E-state index contributed by atoms with van der Waals surface area (Å²) in [5.41, 5.74) is 0.193. The highest BCUT2D eigenvalue weighted by atomic mass is 16.5. The second kappa shape index (κ2) is 4.07. The van der Waals surface area contributed by atoms with Gasteiger partial charge in [-0.25, -0.2) is 0 Å². The molecule has 2 heteroatoms. The van der Waals surface area contributed by atoms with Crippen molar-refractivity contribution in [1.29, 1.82) is 0 Å². The Bertz CT molecular complexity index is 98.1. The van der Waals surface area contributed by atoms with Gasteiger partial charge < -0.3 is 9.84 Å². The standard InChI is InChI=1S/C9H18O2/c1-2-3-4-9(5-6-9)11-8-7-10/h10H,2-8H2,1H3. The van der Waals surface area contributed by atoms with Gasteiger partial charge in [0, 0.05) is 0 Å². The number of unbranched alkanes of at least 4 members (excludes halogenated alkanes) is 1. The summed E-state index contributed by atoms with van der Waals surface area (Å²) >= 11 is 0. The minimum atomic E-state index is 0.161. The average molecular weight is 158 g/mol. The molecule has 0 saturated heterocycles. The SMILES string of the molecule is CCCCC1(OCCO)CC1. The predicted octanol–water partition coefficient (Wildman–Crippen LogP) is 1.72. The van der Waals surface area contributed by atoms with E-state index in [0.717, 1.165) is 0 Å². The molecule has 0 heterocycles. The van der Waals surface area contributed by atoms with E-state index in [0.29, 0.717) is 6.61 Å². The maximum atomic E-state index is 8.56. The van der Waals surface area contributed by atoms with E-state index < -0.39 is 0 Å². The number of hydrogen-bond donors (Lipinski definition) is 1. The molecule has 1 saturated carbocycles. The van der Waals surface area contributed by atoms with Crippen LogP contribution < -0.4 is 0 Å². The van der Waals surface area contributed by atoms with Crippen LogP contribution in [-0.4, -0.2) is 23.9 Å². The summed E-state index contributed by atoms with van der Waals surface area (Å²) in [6.07, 6.45) is 6.08. The molecule has 1 fully saturated rings. The Morgan fingerprint density at radius 1 is 1.45 bits per heavy atom. The smallest absolute Gasteiger partial charge is 0.0705 e. The molecule has 0 spiro atoms. The van der Waals surface area contributed by atoms with Crippen molar-refractivity contribution in [3.05, 3.63) is 0 Å². The first kappa shape index (κ1) is 9.01. The van der Waals surface area contributed by atoms with Crippen LogP contribution in [0.25, 0.3) is 0 Å². The molecular formula is C9H18O2. The van der Waals surface area contributed by atoms with Crippen molar-refractivity contribution in [2.45, 2.75) is 44.6 Å². The van der Waals surface area contributed by atoms with Crippen molar-refractivity contribution in [3.8, 4) is 0 Å². The molecule has 0 aromatic carbocycles. The Morgan fingerprint density at radius 3 is 2.64 bits per heavy atom. The summed E-state index contributed by atoms with van der Waals surface area (Å²) in [4.78, 5) is 0. The van der Waals surface area contributed by atoms with Gasteiger partial charge in [0.25, 0.3) is 0 Å². The van der Waals surface area contributed by atoms with Crippen molar-refractivity contribution in [2.75, 3.05) is 13.2 Å².